The fourth-order valence-electron chi connectivity index (χ4n) is 2.57. The van der Waals surface area contributed by atoms with Gasteiger partial charge in [-0.3, -0.25) is 9.59 Å². The van der Waals surface area contributed by atoms with Crippen LogP contribution in [0, 0.1) is 0 Å². The van der Waals surface area contributed by atoms with Gasteiger partial charge in [-0.15, -0.1) is 0 Å². The number of carbonyl (C=O) groups is 2. The molecule has 0 saturated heterocycles. The molecule has 5 nitrogen and oxygen atoms in total. The molecule has 0 bridgehead atoms. The van der Waals surface area contributed by atoms with Crippen molar-refractivity contribution in [3.8, 4) is 5.75 Å². The minimum Gasteiger partial charge on any atom is -0.496 e. The number of hydrogen-bond acceptors (Lipinski definition) is 3. The van der Waals surface area contributed by atoms with E-state index in [4.69, 9.17) is 4.74 Å². The summed E-state index contributed by atoms with van der Waals surface area (Å²) in [6, 6.07) is 15.0. The number of amides is 2. The van der Waals surface area contributed by atoms with Gasteiger partial charge in [0.2, 0.25) is 11.8 Å². The van der Waals surface area contributed by atoms with Crippen molar-refractivity contribution in [3.63, 3.8) is 0 Å². The molecule has 0 heterocycles. The molecule has 26 heavy (non-hydrogen) atoms. The van der Waals surface area contributed by atoms with Crippen LogP contribution in [0.1, 0.15) is 25.0 Å². The van der Waals surface area contributed by atoms with Crippen LogP contribution in [-0.4, -0.2) is 30.4 Å². The molecule has 0 spiro atoms. The number of hydrogen-bond donors (Lipinski definition) is 1. The zero-order valence-electron chi connectivity index (χ0n) is 15.4. The van der Waals surface area contributed by atoms with Crippen LogP contribution in [0.3, 0.4) is 0 Å². The lowest BCUT2D eigenvalue weighted by molar-refractivity contribution is -0.129. The van der Waals surface area contributed by atoms with E-state index < -0.39 is 0 Å². The summed E-state index contributed by atoms with van der Waals surface area (Å²) < 4.78 is 5.26. The van der Waals surface area contributed by atoms with E-state index in [1.54, 1.807) is 25.0 Å². The Morgan fingerprint density at radius 1 is 1.15 bits per heavy atom. The van der Waals surface area contributed by atoms with Crippen LogP contribution in [0.2, 0.25) is 0 Å². The van der Waals surface area contributed by atoms with Crippen molar-refractivity contribution in [1.29, 1.82) is 0 Å². The van der Waals surface area contributed by atoms with Gasteiger partial charge in [-0.25, -0.2) is 0 Å². The summed E-state index contributed by atoms with van der Waals surface area (Å²) in [4.78, 5) is 25.5. The molecule has 136 valence electrons. The predicted octanol–water partition coefficient (Wildman–Crippen LogP) is 3.72. The van der Waals surface area contributed by atoms with Crippen molar-refractivity contribution in [2.75, 3.05) is 19.0 Å². The SMILES string of the molecule is CCN(Cc1cccc(NC(=O)/C=C/c2ccccc2OC)c1)C(C)=O. The lowest BCUT2D eigenvalue weighted by atomic mass is 10.1. The van der Waals surface area contributed by atoms with Gasteiger partial charge in [0.05, 0.1) is 7.11 Å². The number of carbonyl (C=O) groups excluding carboxylic acids is 2. The van der Waals surface area contributed by atoms with Crippen LogP contribution in [0.4, 0.5) is 5.69 Å². The van der Waals surface area contributed by atoms with Gasteiger partial charge < -0.3 is 15.0 Å². The molecule has 0 fully saturated rings. The molecule has 0 aliphatic heterocycles. The standard InChI is InChI=1S/C21H24N2O3/c1-4-23(16(2)24)15-17-8-7-10-19(14-17)22-21(25)13-12-18-9-5-6-11-20(18)26-3/h5-14H,4,15H2,1-3H3,(H,22,25)/b13-12+. The molecule has 1 N–H and O–H groups in total. The second kappa shape index (κ2) is 9.42. The third kappa shape index (κ3) is 5.48. The second-order valence-electron chi connectivity index (χ2n) is 5.80. The topological polar surface area (TPSA) is 58.6 Å². The average Bonchev–Trinajstić information content (AvgIpc) is 2.64. The first-order valence-electron chi connectivity index (χ1n) is 8.50. The molecule has 5 heteroatoms. The van der Waals surface area contributed by atoms with Gasteiger partial charge in [0.1, 0.15) is 5.75 Å². The summed E-state index contributed by atoms with van der Waals surface area (Å²) in [5.74, 6) is 0.510. The Balaban J connectivity index is 2.04. The van der Waals surface area contributed by atoms with Crippen molar-refractivity contribution in [2.24, 2.45) is 0 Å². The molecule has 2 amide bonds. The fourth-order valence-corrected chi connectivity index (χ4v) is 2.57. The van der Waals surface area contributed by atoms with Crippen LogP contribution < -0.4 is 10.1 Å². The summed E-state index contributed by atoms with van der Waals surface area (Å²) in [5.41, 5.74) is 2.49. The second-order valence-corrected chi connectivity index (χ2v) is 5.80. The number of methoxy groups -OCH3 is 1. The highest BCUT2D eigenvalue weighted by molar-refractivity contribution is 6.02. The molecule has 0 aliphatic rings. The first-order valence-corrected chi connectivity index (χ1v) is 8.50. The maximum absolute atomic E-state index is 12.2. The van der Waals surface area contributed by atoms with E-state index in [1.165, 1.54) is 6.08 Å². The van der Waals surface area contributed by atoms with E-state index >= 15 is 0 Å². The Hall–Kier alpha value is -3.08. The quantitative estimate of drug-likeness (QED) is 0.773. The molecule has 2 aromatic carbocycles. The third-order valence-corrected chi connectivity index (χ3v) is 3.95. The molecular formula is C21H24N2O3. The Labute approximate surface area is 154 Å². The Kier molecular flexibility index (Phi) is 6.97. The van der Waals surface area contributed by atoms with Crippen LogP contribution in [0.15, 0.2) is 54.6 Å². The van der Waals surface area contributed by atoms with Crippen LogP contribution in [0.5, 0.6) is 5.75 Å². The van der Waals surface area contributed by atoms with Crippen molar-refractivity contribution < 1.29 is 14.3 Å². The summed E-state index contributed by atoms with van der Waals surface area (Å²) in [6.07, 6.45) is 3.19. The third-order valence-electron chi connectivity index (χ3n) is 3.95. The maximum Gasteiger partial charge on any atom is 0.248 e. The van der Waals surface area contributed by atoms with Crippen LogP contribution in [-0.2, 0) is 16.1 Å². The van der Waals surface area contributed by atoms with Crippen molar-refractivity contribution in [3.05, 3.63) is 65.7 Å². The van der Waals surface area contributed by atoms with Crippen LogP contribution in [0.25, 0.3) is 6.08 Å². The van der Waals surface area contributed by atoms with Gasteiger partial charge in [0.15, 0.2) is 0 Å². The number of rotatable bonds is 7. The largest absolute Gasteiger partial charge is 0.496 e. The summed E-state index contributed by atoms with van der Waals surface area (Å²) in [6.45, 7) is 4.66. The highest BCUT2D eigenvalue weighted by Crippen LogP contribution is 2.19. The molecule has 0 radical (unpaired) electrons. The lowest BCUT2D eigenvalue weighted by Gasteiger charge is -2.19. The van der Waals surface area contributed by atoms with Gasteiger partial charge in [-0.05, 0) is 36.8 Å². The first kappa shape index (κ1) is 19.2. The summed E-state index contributed by atoms with van der Waals surface area (Å²) >= 11 is 0. The lowest BCUT2D eigenvalue weighted by Crippen LogP contribution is -2.27. The van der Waals surface area contributed by atoms with E-state index in [1.807, 2.05) is 55.5 Å². The van der Waals surface area contributed by atoms with Gasteiger partial charge in [0, 0.05) is 37.3 Å². The predicted molar refractivity (Wildman–Crippen MR) is 104 cm³/mol. The molecule has 2 aromatic rings. The Morgan fingerprint density at radius 3 is 2.62 bits per heavy atom. The normalized spacial score (nSPS) is 10.6. The number of para-hydroxylation sites is 1. The number of nitrogens with one attached hydrogen (secondary N) is 1. The highest BCUT2D eigenvalue weighted by atomic mass is 16.5. The number of nitrogens with zero attached hydrogens (tertiary/aromatic N) is 1. The number of ether oxygens (including phenoxy) is 1. The van der Waals surface area contributed by atoms with E-state index in [9.17, 15) is 9.59 Å². The summed E-state index contributed by atoms with van der Waals surface area (Å²) in [5, 5.41) is 2.84. The van der Waals surface area contributed by atoms with Gasteiger partial charge in [-0.2, -0.15) is 0 Å². The average molecular weight is 352 g/mol. The Bertz CT molecular complexity index is 799. The molecule has 0 unspecified atom stereocenters. The Morgan fingerprint density at radius 2 is 1.92 bits per heavy atom. The monoisotopic (exact) mass is 352 g/mol. The fraction of sp³-hybridized carbons (Fsp3) is 0.238. The van der Waals surface area contributed by atoms with Crippen LogP contribution >= 0.6 is 0 Å². The molecule has 2 rings (SSSR count). The molecule has 0 aliphatic carbocycles. The smallest absolute Gasteiger partial charge is 0.248 e. The minimum absolute atomic E-state index is 0.0293. The highest BCUT2D eigenvalue weighted by Gasteiger charge is 2.07. The van der Waals surface area contributed by atoms with Crippen molar-refractivity contribution in [2.45, 2.75) is 20.4 Å². The molecular weight excluding hydrogens is 328 g/mol. The van der Waals surface area contributed by atoms with E-state index in [-0.39, 0.29) is 11.8 Å². The molecule has 0 saturated carbocycles. The minimum atomic E-state index is -0.230. The summed E-state index contributed by atoms with van der Waals surface area (Å²) in [7, 11) is 1.60. The zero-order valence-corrected chi connectivity index (χ0v) is 15.4. The van der Waals surface area contributed by atoms with Gasteiger partial charge >= 0.3 is 0 Å². The zero-order chi connectivity index (χ0) is 18.9. The first-order chi connectivity index (χ1) is 12.5. The van der Waals surface area contributed by atoms with Gasteiger partial charge in [0.25, 0.3) is 0 Å². The van der Waals surface area contributed by atoms with E-state index in [0.29, 0.717) is 24.5 Å². The molecule has 0 atom stereocenters. The van der Waals surface area contributed by atoms with E-state index in [2.05, 4.69) is 5.32 Å². The maximum atomic E-state index is 12.2. The number of anilines is 1. The molecule has 0 aromatic heterocycles. The van der Waals surface area contributed by atoms with Crippen molar-refractivity contribution in [1.82, 2.24) is 4.90 Å². The van der Waals surface area contributed by atoms with Gasteiger partial charge in [-0.1, -0.05) is 30.3 Å². The number of benzene rings is 2. The van der Waals surface area contributed by atoms with Crippen molar-refractivity contribution >= 4 is 23.6 Å². The van der Waals surface area contributed by atoms with E-state index in [0.717, 1.165) is 11.1 Å².